The Morgan fingerprint density at radius 3 is 2.89 bits per heavy atom. The predicted octanol–water partition coefficient (Wildman–Crippen LogP) is 1.72. The molecule has 0 atom stereocenters. The minimum atomic E-state index is -0.312. The average molecular weight is 247 g/mol. The van der Waals surface area contributed by atoms with Gasteiger partial charge in [-0.15, -0.1) is 0 Å². The molecule has 1 aromatic carbocycles. The summed E-state index contributed by atoms with van der Waals surface area (Å²) < 4.78 is 13.3. The third-order valence-electron chi connectivity index (χ3n) is 2.53. The summed E-state index contributed by atoms with van der Waals surface area (Å²) in [7, 11) is 0. The van der Waals surface area contributed by atoms with Gasteiger partial charge in [0.2, 0.25) is 5.91 Å². The summed E-state index contributed by atoms with van der Waals surface area (Å²) in [4.78, 5) is 11.6. The lowest BCUT2D eigenvalue weighted by molar-refractivity contribution is -0.120. The molecule has 0 bridgehead atoms. The molecular formula is C13H14FN3O. The highest BCUT2D eigenvalue weighted by Gasteiger charge is 2.07. The average Bonchev–Trinajstić information content (AvgIpc) is 2.74. The van der Waals surface area contributed by atoms with Gasteiger partial charge in [0.05, 0.1) is 12.1 Å². The second-order valence-corrected chi connectivity index (χ2v) is 4.09. The van der Waals surface area contributed by atoms with E-state index in [4.69, 9.17) is 0 Å². The molecule has 1 heterocycles. The van der Waals surface area contributed by atoms with Crippen molar-refractivity contribution in [1.29, 1.82) is 0 Å². The first-order valence-corrected chi connectivity index (χ1v) is 5.66. The van der Waals surface area contributed by atoms with Crippen molar-refractivity contribution in [2.45, 2.75) is 19.9 Å². The molecule has 0 aliphatic carbocycles. The number of hydrogen-bond donors (Lipinski definition) is 2. The van der Waals surface area contributed by atoms with E-state index in [0.717, 1.165) is 5.69 Å². The number of aromatic nitrogens is 2. The maximum Gasteiger partial charge on any atom is 0.226 e. The van der Waals surface area contributed by atoms with E-state index in [9.17, 15) is 9.18 Å². The lowest BCUT2D eigenvalue weighted by Gasteiger charge is -2.05. The molecule has 2 N–H and O–H groups in total. The maximum absolute atomic E-state index is 13.3. The second-order valence-electron chi connectivity index (χ2n) is 4.09. The van der Waals surface area contributed by atoms with Crippen LogP contribution in [0.1, 0.15) is 17.0 Å². The van der Waals surface area contributed by atoms with Gasteiger partial charge < -0.3 is 5.32 Å². The summed E-state index contributed by atoms with van der Waals surface area (Å²) in [5, 5.41) is 9.40. The van der Waals surface area contributed by atoms with Gasteiger partial charge in [-0.05, 0) is 19.1 Å². The monoisotopic (exact) mass is 247 g/mol. The number of aromatic amines is 1. The summed E-state index contributed by atoms with van der Waals surface area (Å²) in [6, 6.07) is 8.18. The number of rotatable bonds is 4. The summed E-state index contributed by atoms with van der Waals surface area (Å²) >= 11 is 0. The molecule has 0 saturated heterocycles. The fraction of sp³-hybridized carbons (Fsp3) is 0.231. The second kappa shape index (κ2) is 5.44. The number of halogens is 1. The number of benzene rings is 1. The SMILES string of the molecule is Cc1cc(CC(=O)NCc2ccccc2F)n[nH]1. The molecule has 2 rings (SSSR count). The van der Waals surface area contributed by atoms with Crippen LogP contribution in [-0.2, 0) is 17.8 Å². The van der Waals surface area contributed by atoms with E-state index < -0.39 is 0 Å². The largest absolute Gasteiger partial charge is 0.352 e. The standard InChI is InChI=1S/C13H14FN3O/c1-9-6-11(17-16-9)7-13(18)15-8-10-4-2-3-5-12(10)14/h2-6H,7-8H2,1H3,(H,15,18)(H,16,17). The van der Waals surface area contributed by atoms with E-state index in [2.05, 4.69) is 15.5 Å². The number of carbonyl (C=O) groups is 1. The van der Waals surface area contributed by atoms with Crippen LogP contribution in [0.4, 0.5) is 4.39 Å². The van der Waals surface area contributed by atoms with Gasteiger partial charge in [-0.1, -0.05) is 18.2 Å². The number of aryl methyl sites for hydroxylation is 1. The Labute approximate surface area is 104 Å². The molecule has 0 fully saturated rings. The van der Waals surface area contributed by atoms with E-state index >= 15 is 0 Å². The van der Waals surface area contributed by atoms with Gasteiger partial charge in [0.1, 0.15) is 5.82 Å². The molecule has 2 aromatic rings. The number of amides is 1. The Morgan fingerprint density at radius 1 is 1.44 bits per heavy atom. The zero-order chi connectivity index (χ0) is 13.0. The number of hydrogen-bond acceptors (Lipinski definition) is 2. The van der Waals surface area contributed by atoms with Gasteiger partial charge in [-0.25, -0.2) is 4.39 Å². The first-order chi connectivity index (χ1) is 8.65. The van der Waals surface area contributed by atoms with Crippen LogP contribution in [0.25, 0.3) is 0 Å². The van der Waals surface area contributed by atoms with E-state index in [1.165, 1.54) is 6.07 Å². The summed E-state index contributed by atoms with van der Waals surface area (Å²) in [6.45, 7) is 2.06. The van der Waals surface area contributed by atoms with Crippen molar-refractivity contribution < 1.29 is 9.18 Å². The molecule has 1 amide bonds. The highest BCUT2D eigenvalue weighted by molar-refractivity contribution is 5.78. The molecule has 4 nitrogen and oxygen atoms in total. The van der Waals surface area contributed by atoms with Crippen molar-refractivity contribution in [1.82, 2.24) is 15.5 Å². The number of H-pyrrole nitrogens is 1. The molecule has 1 aromatic heterocycles. The quantitative estimate of drug-likeness (QED) is 0.864. The molecule has 18 heavy (non-hydrogen) atoms. The third-order valence-corrected chi connectivity index (χ3v) is 2.53. The highest BCUT2D eigenvalue weighted by Crippen LogP contribution is 2.05. The number of nitrogens with zero attached hydrogens (tertiary/aromatic N) is 1. The Balaban J connectivity index is 1.87. The molecule has 5 heteroatoms. The zero-order valence-electron chi connectivity index (χ0n) is 10.0. The van der Waals surface area contributed by atoms with Gasteiger partial charge in [0.25, 0.3) is 0 Å². The molecule has 0 aliphatic heterocycles. The third kappa shape index (κ3) is 3.16. The topological polar surface area (TPSA) is 57.8 Å². The van der Waals surface area contributed by atoms with Crippen molar-refractivity contribution in [3.05, 3.63) is 53.1 Å². The maximum atomic E-state index is 13.3. The molecule has 0 spiro atoms. The van der Waals surface area contributed by atoms with Crippen molar-refractivity contribution in [2.24, 2.45) is 0 Å². The fourth-order valence-corrected chi connectivity index (χ4v) is 1.63. The molecule has 94 valence electrons. The van der Waals surface area contributed by atoms with Gasteiger partial charge in [-0.2, -0.15) is 5.10 Å². The van der Waals surface area contributed by atoms with Crippen LogP contribution in [-0.4, -0.2) is 16.1 Å². The first kappa shape index (κ1) is 12.3. The molecule has 0 aliphatic rings. The van der Waals surface area contributed by atoms with Gasteiger partial charge in [-0.3, -0.25) is 9.89 Å². The van der Waals surface area contributed by atoms with Crippen LogP contribution in [0.2, 0.25) is 0 Å². The molecular weight excluding hydrogens is 233 g/mol. The zero-order valence-corrected chi connectivity index (χ0v) is 10.0. The van der Waals surface area contributed by atoms with E-state index in [0.29, 0.717) is 11.3 Å². The van der Waals surface area contributed by atoms with Crippen molar-refractivity contribution in [3.63, 3.8) is 0 Å². The lowest BCUT2D eigenvalue weighted by atomic mass is 10.2. The Hall–Kier alpha value is -2.17. The van der Waals surface area contributed by atoms with Crippen LogP contribution >= 0.6 is 0 Å². The Kier molecular flexibility index (Phi) is 3.72. The van der Waals surface area contributed by atoms with Gasteiger partial charge in [0, 0.05) is 17.8 Å². The molecule has 0 radical (unpaired) electrons. The lowest BCUT2D eigenvalue weighted by Crippen LogP contribution is -2.25. The minimum Gasteiger partial charge on any atom is -0.352 e. The van der Waals surface area contributed by atoms with Crippen LogP contribution in [0.15, 0.2) is 30.3 Å². The molecule has 0 saturated carbocycles. The number of carbonyl (C=O) groups excluding carboxylic acids is 1. The van der Waals surface area contributed by atoms with Crippen LogP contribution in [0.5, 0.6) is 0 Å². The van der Waals surface area contributed by atoms with Crippen molar-refractivity contribution >= 4 is 5.91 Å². The first-order valence-electron chi connectivity index (χ1n) is 5.66. The van der Waals surface area contributed by atoms with Gasteiger partial charge in [0.15, 0.2) is 0 Å². The van der Waals surface area contributed by atoms with Gasteiger partial charge >= 0.3 is 0 Å². The summed E-state index contributed by atoms with van der Waals surface area (Å²) in [5.41, 5.74) is 2.06. The smallest absolute Gasteiger partial charge is 0.226 e. The van der Waals surface area contributed by atoms with Crippen LogP contribution in [0, 0.1) is 12.7 Å². The normalized spacial score (nSPS) is 10.3. The van der Waals surface area contributed by atoms with Crippen LogP contribution in [0.3, 0.4) is 0 Å². The van der Waals surface area contributed by atoms with E-state index in [1.54, 1.807) is 18.2 Å². The Bertz CT molecular complexity index is 551. The summed E-state index contributed by atoms with van der Waals surface area (Å²) in [6.07, 6.45) is 0.193. The molecule has 0 unspecified atom stereocenters. The summed E-state index contributed by atoms with van der Waals surface area (Å²) in [5.74, 6) is -0.488. The van der Waals surface area contributed by atoms with E-state index in [-0.39, 0.29) is 24.7 Å². The van der Waals surface area contributed by atoms with Crippen molar-refractivity contribution in [2.75, 3.05) is 0 Å². The predicted molar refractivity (Wildman–Crippen MR) is 65.3 cm³/mol. The van der Waals surface area contributed by atoms with Crippen molar-refractivity contribution in [3.8, 4) is 0 Å². The minimum absolute atomic E-state index is 0.176. The fourth-order valence-electron chi connectivity index (χ4n) is 1.63. The number of nitrogens with one attached hydrogen (secondary N) is 2. The van der Waals surface area contributed by atoms with E-state index in [1.807, 2.05) is 13.0 Å². The Morgan fingerprint density at radius 2 is 2.22 bits per heavy atom. The highest BCUT2D eigenvalue weighted by atomic mass is 19.1. The van der Waals surface area contributed by atoms with Crippen LogP contribution < -0.4 is 5.32 Å².